The van der Waals surface area contributed by atoms with Gasteiger partial charge in [0.15, 0.2) is 8.68 Å². The van der Waals surface area contributed by atoms with Crippen LogP contribution in [0.5, 0.6) is 0 Å². The van der Waals surface area contributed by atoms with E-state index in [1.165, 1.54) is 31.0 Å². The maximum Gasteiger partial charge on any atom is 0.233 e. The number of aromatic nitrogens is 2. The molecule has 1 heterocycles. The van der Waals surface area contributed by atoms with Crippen LogP contribution in [-0.4, -0.2) is 45.6 Å². The largest absolute Gasteiger partial charge is 0.342 e. The highest BCUT2D eigenvalue weighted by Gasteiger charge is 2.22. The summed E-state index contributed by atoms with van der Waals surface area (Å²) in [5.41, 5.74) is 0. The fourth-order valence-corrected chi connectivity index (χ4v) is 5.18. The molecule has 0 atom stereocenters. The molecule has 20 heavy (non-hydrogen) atoms. The topological polar surface area (TPSA) is 46.1 Å². The summed E-state index contributed by atoms with van der Waals surface area (Å²) in [6.45, 7) is 2.10. The molecule has 0 N–H and O–H groups in total. The van der Waals surface area contributed by atoms with Gasteiger partial charge in [0.25, 0.3) is 0 Å². The molecule has 0 saturated heterocycles. The Morgan fingerprint density at radius 2 is 1.90 bits per heavy atom. The van der Waals surface area contributed by atoms with Crippen LogP contribution in [0.3, 0.4) is 0 Å². The zero-order valence-electron chi connectivity index (χ0n) is 12.0. The smallest absolute Gasteiger partial charge is 0.233 e. The Hall–Kier alpha value is -0.270. The summed E-state index contributed by atoms with van der Waals surface area (Å²) in [5, 5.41) is 8.22. The predicted octanol–water partition coefficient (Wildman–Crippen LogP) is 3.53. The van der Waals surface area contributed by atoms with Gasteiger partial charge in [-0.25, -0.2) is 0 Å². The second kappa shape index (κ2) is 8.24. The zero-order valence-corrected chi connectivity index (χ0v) is 14.5. The molecule has 0 radical (unpaired) electrons. The first-order chi connectivity index (χ1) is 9.70. The van der Waals surface area contributed by atoms with Crippen LogP contribution in [-0.2, 0) is 4.79 Å². The van der Waals surface area contributed by atoms with E-state index in [2.05, 4.69) is 17.1 Å². The average molecular weight is 332 g/mol. The summed E-state index contributed by atoms with van der Waals surface area (Å²) in [4.78, 5) is 14.1. The summed E-state index contributed by atoms with van der Waals surface area (Å²) in [5.74, 6) is 1.68. The molecule has 1 aliphatic rings. The van der Waals surface area contributed by atoms with E-state index in [1.807, 2.05) is 11.9 Å². The third kappa shape index (κ3) is 4.63. The maximum absolute atomic E-state index is 12.2. The van der Waals surface area contributed by atoms with Gasteiger partial charge < -0.3 is 4.90 Å². The second-order valence-corrected chi connectivity index (χ2v) is 8.56. The van der Waals surface area contributed by atoms with Crippen LogP contribution in [0.1, 0.15) is 39.0 Å². The molecule has 1 fully saturated rings. The van der Waals surface area contributed by atoms with E-state index in [0.29, 0.717) is 11.8 Å². The Bertz CT molecular complexity index is 432. The predicted molar refractivity (Wildman–Crippen MR) is 86.7 cm³/mol. The first-order valence-electron chi connectivity index (χ1n) is 7.05. The SMILES string of the molecule is CCSc1nnc(SCC(=O)N(C)C2CCCCC2)s1. The highest BCUT2D eigenvalue weighted by atomic mass is 32.2. The monoisotopic (exact) mass is 331 g/mol. The van der Waals surface area contributed by atoms with Crippen LogP contribution in [0.25, 0.3) is 0 Å². The molecule has 1 aromatic rings. The summed E-state index contributed by atoms with van der Waals surface area (Å²) in [7, 11) is 1.94. The summed E-state index contributed by atoms with van der Waals surface area (Å²) < 4.78 is 1.88. The van der Waals surface area contributed by atoms with Crippen molar-refractivity contribution in [3.05, 3.63) is 0 Å². The number of hydrogen-bond donors (Lipinski definition) is 0. The Kier molecular flexibility index (Phi) is 6.64. The quantitative estimate of drug-likeness (QED) is 0.746. The number of carbonyl (C=O) groups excluding carboxylic acids is 1. The fraction of sp³-hybridized carbons (Fsp3) is 0.769. The number of thioether (sulfide) groups is 2. The Balaban J connectivity index is 1.78. The third-order valence-corrected chi connectivity index (χ3v) is 6.55. The third-order valence-electron chi connectivity index (χ3n) is 3.49. The van der Waals surface area contributed by atoms with E-state index in [4.69, 9.17) is 0 Å². The lowest BCUT2D eigenvalue weighted by molar-refractivity contribution is -0.129. The molecule has 0 aliphatic heterocycles. The molecule has 0 spiro atoms. The molecule has 0 bridgehead atoms. The van der Waals surface area contributed by atoms with E-state index in [0.717, 1.165) is 27.3 Å². The Morgan fingerprint density at radius 1 is 1.25 bits per heavy atom. The highest BCUT2D eigenvalue weighted by molar-refractivity contribution is 8.03. The van der Waals surface area contributed by atoms with Crippen molar-refractivity contribution in [1.29, 1.82) is 0 Å². The molecule has 2 rings (SSSR count). The van der Waals surface area contributed by atoms with Crippen molar-refractivity contribution in [3.63, 3.8) is 0 Å². The van der Waals surface area contributed by atoms with Crippen LogP contribution in [0.4, 0.5) is 0 Å². The van der Waals surface area contributed by atoms with Gasteiger partial charge in [-0.3, -0.25) is 4.79 Å². The normalized spacial score (nSPS) is 16.3. The van der Waals surface area contributed by atoms with Crippen LogP contribution in [0.2, 0.25) is 0 Å². The molecule has 0 aromatic carbocycles. The molecular formula is C13H21N3OS3. The molecule has 1 saturated carbocycles. The minimum atomic E-state index is 0.210. The van der Waals surface area contributed by atoms with Crippen LogP contribution >= 0.6 is 34.9 Å². The standard InChI is InChI=1S/C13H21N3OS3/c1-3-18-12-14-15-13(20-12)19-9-11(17)16(2)10-7-5-4-6-8-10/h10H,3-9H2,1-2H3. The van der Waals surface area contributed by atoms with Gasteiger partial charge in [-0.15, -0.1) is 10.2 Å². The van der Waals surface area contributed by atoms with E-state index < -0.39 is 0 Å². The maximum atomic E-state index is 12.2. The minimum Gasteiger partial charge on any atom is -0.342 e. The highest BCUT2D eigenvalue weighted by Crippen LogP contribution is 2.29. The van der Waals surface area contributed by atoms with Gasteiger partial charge in [0, 0.05) is 13.1 Å². The lowest BCUT2D eigenvalue weighted by Gasteiger charge is -2.31. The van der Waals surface area contributed by atoms with Crippen LogP contribution in [0, 0.1) is 0 Å². The van der Waals surface area contributed by atoms with Gasteiger partial charge in [0.2, 0.25) is 5.91 Å². The van der Waals surface area contributed by atoms with Crippen molar-refractivity contribution >= 4 is 40.8 Å². The van der Waals surface area contributed by atoms with Gasteiger partial charge in [-0.2, -0.15) is 0 Å². The number of hydrogen-bond acceptors (Lipinski definition) is 6. The van der Waals surface area contributed by atoms with E-state index in [-0.39, 0.29) is 5.91 Å². The minimum absolute atomic E-state index is 0.210. The van der Waals surface area contributed by atoms with Gasteiger partial charge >= 0.3 is 0 Å². The second-order valence-electron chi connectivity index (χ2n) is 4.85. The molecule has 4 nitrogen and oxygen atoms in total. The molecular weight excluding hydrogens is 310 g/mol. The fourth-order valence-electron chi connectivity index (χ4n) is 2.33. The first kappa shape index (κ1) is 16.1. The molecule has 0 unspecified atom stereocenters. The van der Waals surface area contributed by atoms with Crippen molar-refractivity contribution in [2.24, 2.45) is 0 Å². The average Bonchev–Trinajstić information content (AvgIpc) is 2.93. The van der Waals surface area contributed by atoms with Crippen molar-refractivity contribution in [3.8, 4) is 0 Å². The molecule has 1 aliphatic carbocycles. The molecule has 7 heteroatoms. The lowest BCUT2D eigenvalue weighted by atomic mass is 9.94. The van der Waals surface area contributed by atoms with Gasteiger partial charge in [-0.05, 0) is 18.6 Å². The summed E-state index contributed by atoms with van der Waals surface area (Å²) >= 11 is 4.78. The number of nitrogens with zero attached hydrogens (tertiary/aromatic N) is 3. The molecule has 1 aromatic heterocycles. The van der Waals surface area contributed by atoms with Crippen molar-refractivity contribution in [2.75, 3.05) is 18.6 Å². The van der Waals surface area contributed by atoms with Crippen LogP contribution < -0.4 is 0 Å². The van der Waals surface area contributed by atoms with Gasteiger partial charge in [0.1, 0.15) is 0 Å². The molecule has 1 amide bonds. The molecule has 112 valence electrons. The van der Waals surface area contributed by atoms with E-state index in [9.17, 15) is 4.79 Å². The van der Waals surface area contributed by atoms with Crippen LogP contribution in [0.15, 0.2) is 8.68 Å². The summed E-state index contributed by atoms with van der Waals surface area (Å²) in [6.07, 6.45) is 6.13. The van der Waals surface area contributed by atoms with Crippen molar-refractivity contribution in [2.45, 2.75) is 53.7 Å². The lowest BCUT2D eigenvalue weighted by Crippen LogP contribution is -2.39. The van der Waals surface area contributed by atoms with Gasteiger partial charge in [0.05, 0.1) is 5.75 Å². The Morgan fingerprint density at radius 3 is 2.55 bits per heavy atom. The first-order valence-corrected chi connectivity index (χ1v) is 9.84. The van der Waals surface area contributed by atoms with Crippen molar-refractivity contribution < 1.29 is 4.79 Å². The van der Waals surface area contributed by atoms with E-state index >= 15 is 0 Å². The number of amides is 1. The Labute approximate surface area is 133 Å². The number of carbonyl (C=O) groups is 1. The number of rotatable bonds is 6. The summed E-state index contributed by atoms with van der Waals surface area (Å²) in [6, 6.07) is 0.442. The van der Waals surface area contributed by atoms with Crippen molar-refractivity contribution in [1.82, 2.24) is 15.1 Å². The van der Waals surface area contributed by atoms with Gasteiger partial charge in [-0.1, -0.05) is 61.0 Å². The van der Waals surface area contributed by atoms with E-state index in [1.54, 1.807) is 23.1 Å². The zero-order chi connectivity index (χ0) is 14.4.